The van der Waals surface area contributed by atoms with Gasteiger partial charge in [0.1, 0.15) is 23.9 Å². The summed E-state index contributed by atoms with van der Waals surface area (Å²) in [6.07, 6.45) is -2.06. The first-order chi connectivity index (χ1) is 17.4. The minimum Gasteiger partial charge on any atom is -0.396 e. The van der Waals surface area contributed by atoms with Crippen molar-refractivity contribution in [2.45, 2.75) is 37.0 Å². The van der Waals surface area contributed by atoms with Crippen molar-refractivity contribution < 1.29 is 33.2 Å². The van der Waals surface area contributed by atoms with Gasteiger partial charge in [-0.3, -0.25) is 0 Å². The number of aliphatic hydroxyl groups excluding tert-OH is 3. The Bertz CT molecular complexity index is 1330. The molecule has 4 aromatic rings. The Morgan fingerprint density at radius 1 is 0.944 bits per heavy atom. The van der Waals surface area contributed by atoms with Crippen LogP contribution in [0.2, 0.25) is 0 Å². The first kappa shape index (κ1) is 24.1. The van der Waals surface area contributed by atoms with Crippen LogP contribution >= 0.6 is 0 Å². The molecule has 1 saturated heterocycles. The van der Waals surface area contributed by atoms with E-state index in [1.54, 1.807) is 0 Å². The molecule has 3 N–H and O–H groups in total. The van der Waals surface area contributed by atoms with Gasteiger partial charge in [0.05, 0.1) is 24.2 Å². The van der Waals surface area contributed by atoms with Crippen molar-refractivity contribution in [1.29, 1.82) is 0 Å². The topological polar surface area (TPSA) is 131 Å². The van der Waals surface area contributed by atoms with Gasteiger partial charge in [0.2, 0.25) is 0 Å². The summed E-state index contributed by atoms with van der Waals surface area (Å²) in [6, 6.07) is 9.52. The molecule has 3 heterocycles. The highest BCUT2D eigenvalue weighted by Crippen LogP contribution is 2.38. The van der Waals surface area contributed by atoms with E-state index in [2.05, 4.69) is 20.6 Å². The van der Waals surface area contributed by atoms with Crippen LogP contribution in [0.4, 0.5) is 13.2 Å². The number of aliphatic hydroxyl groups is 3. The summed E-state index contributed by atoms with van der Waals surface area (Å²) >= 11 is 0. The summed E-state index contributed by atoms with van der Waals surface area (Å²) in [5, 5.41) is 47.6. The minimum absolute atomic E-state index is 0.0142. The fourth-order valence-electron chi connectivity index (χ4n) is 4.32. The Labute approximate surface area is 202 Å². The Morgan fingerprint density at radius 3 is 2.36 bits per heavy atom. The van der Waals surface area contributed by atoms with E-state index in [0.29, 0.717) is 5.69 Å². The molecule has 0 saturated carbocycles. The number of halogens is 3. The average Bonchev–Trinajstić information content (AvgIpc) is 3.55. The van der Waals surface area contributed by atoms with E-state index in [9.17, 15) is 28.5 Å². The molecule has 2 aromatic carbocycles. The van der Waals surface area contributed by atoms with E-state index < -0.39 is 48.0 Å². The number of aromatic nitrogens is 6. The van der Waals surface area contributed by atoms with Gasteiger partial charge in [-0.1, -0.05) is 40.8 Å². The predicted octanol–water partition coefficient (Wildman–Crippen LogP) is 1.86. The molecule has 1 fully saturated rings. The largest absolute Gasteiger partial charge is 0.396 e. The van der Waals surface area contributed by atoms with Crippen LogP contribution in [0.1, 0.15) is 18.7 Å². The second kappa shape index (κ2) is 9.78. The molecule has 0 amide bonds. The van der Waals surface area contributed by atoms with Gasteiger partial charge in [0, 0.05) is 17.7 Å². The summed E-state index contributed by atoms with van der Waals surface area (Å²) in [5.74, 6) is -4.40. The Hall–Kier alpha value is -3.65. The number of hydrogen-bond acceptors (Lipinski definition) is 8. The Morgan fingerprint density at radius 2 is 1.67 bits per heavy atom. The second-order valence-corrected chi connectivity index (χ2v) is 8.32. The van der Waals surface area contributed by atoms with Gasteiger partial charge >= 0.3 is 0 Å². The van der Waals surface area contributed by atoms with Crippen molar-refractivity contribution in [3.05, 3.63) is 72.3 Å². The zero-order chi connectivity index (χ0) is 25.4. The van der Waals surface area contributed by atoms with Gasteiger partial charge in [0.25, 0.3) is 0 Å². The first-order valence-electron chi connectivity index (χ1n) is 11.0. The Kier molecular flexibility index (Phi) is 6.53. The van der Waals surface area contributed by atoms with Crippen molar-refractivity contribution in [3.8, 4) is 22.5 Å². The molecule has 0 radical (unpaired) electrons. The van der Waals surface area contributed by atoms with Crippen LogP contribution in [0.25, 0.3) is 22.5 Å². The van der Waals surface area contributed by atoms with Crippen LogP contribution in [0.5, 0.6) is 0 Å². The van der Waals surface area contributed by atoms with Crippen molar-refractivity contribution >= 4 is 0 Å². The maximum absolute atomic E-state index is 13.7. The molecule has 0 aliphatic carbocycles. The molecule has 0 spiro atoms. The molecule has 0 bridgehead atoms. The lowest BCUT2D eigenvalue weighted by atomic mass is 9.93. The highest BCUT2D eigenvalue weighted by atomic mass is 19.2. The monoisotopic (exact) mass is 502 g/mol. The maximum atomic E-state index is 13.7. The minimum atomic E-state index is -1.61. The lowest BCUT2D eigenvalue weighted by Crippen LogP contribution is -2.53. The fraction of sp³-hybridized carbons (Fsp3) is 0.304. The molecule has 36 heavy (non-hydrogen) atoms. The second-order valence-electron chi connectivity index (χ2n) is 8.32. The molecule has 1 aliphatic rings. The molecule has 2 aromatic heterocycles. The zero-order valence-corrected chi connectivity index (χ0v) is 18.6. The molecule has 1 aliphatic heterocycles. The van der Waals surface area contributed by atoms with Crippen LogP contribution < -0.4 is 0 Å². The SMILES string of the molecule is OCC[C@H]1O[C@@H](n2nncc2-c2ccccc2)[C@H](O)[C@@H](n2cc(-c3cc(F)c(F)c(F)c3)nn2)[C@H]1O. The van der Waals surface area contributed by atoms with Crippen LogP contribution in [-0.4, -0.2) is 70.2 Å². The summed E-state index contributed by atoms with van der Waals surface area (Å²) in [5.41, 5.74) is 1.19. The normalized spacial score (nSPS) is 24.2. The summed E-state index contributed by atoms with van der Waals surface area (Å²) in [6.45, 7) is -0.309. The van der Waals surface area contributed by atoms with Crippen molar-refractivity contribution in [2.24, 2.45) is 0 Å². The third kappa shape index (κ3) is 4.26. The number of ether oxygens (including phenoxy) is 1. The van der Waals surface area contributed by atoms with Crippen molar-refractivity contribution in [2.75, 3.05) is 6.61 Å². The average molecular weight is 502 g/mol. The molecule has 13 heteroatoms. The zero-order valence-electron chi connectivity index (χ0n) is 18.6. The summed E-state index contributed by atoms with van der Waals surface area (Å²) in [4.78, 5) is 0. The predicted molar refractivity (Wildman–Crippen MR) is 117 cm³/mol. The van der Waals surface area contributed by atoms with Gasteiger partial charge in [-0.05, 0) is 18.6 Å². The summed E-state index contributed by atoms with van der Waals surface area (Å²) < 4.78 is 49.3. The van der Waals surface area contributed by atoms with Crippen molar-refractivity contribution in [1.82, 2.24) is 30.0 Å². The van der Waals surface area contributed by atoms with Crippen LogP contribution in [-0.2, 0) is 4.74 Å². The van der Waals surface area contributed by atoms with Crippen LogP contribution in [0, 0.1) is 17.5 Å². The number of rotatable bonds is 6. The lowest BCUT2D eigenvalue weighted by molar-refractivity contribution is -0.228. The number of nitrogens with zero attached hydrogens (tertiary/aromatic N) is 6. The van der Waals surface area contributed by atoms with Gasteiger partial charge in [-0.25, -0.2) is 22.5 Å². The fourth-order valence-corrected chi connectivity index (χ4v) is 4.32. The van der Waals surface area contributed by atoms with Crippen LogP contribution in [0.15, 0.2) is 54.9 Å². The van der Waals surface area contributed by atoms with E-state index in [1.165, 1.54) is 17.1 Å². The van der Waals surface area contributed by atoms with E-state index >= 15 is 0 Å². The van der Waals surface area contributed by atoms with Gasteiger partial charge in [-0.15, -0.1) is 10.2 Å². The van der Waals surface area contributed by atoms with E-state index in [4.69, 9.17) is 4.74 Å². The third-order valence-corrected chi connectivity index (χ3v) is 6.08. The molecule has 5 rings (SSSR count). The van der Waals surface area contributed by atoms with E-state index in [-0.39, 0.29) is 24.3 Å². The molecule has 10 nitrogen and oxygen atoms in total. The Balaban J connectivity index is 1.52. The highest BCUT2D eigenvalue weighted by Gasteiger charge is 2.47. The summed E-state index contributed by atoms with van der Waals surface area (Å²) in [7, 11) is 0. The van der Waals surface area contributed by atoms with Gasteiger partial charge in [0.15, 0.2) is 23.7 Å². The molecule has 188 valence electrons. The van der Waals surface area contributed by atoms with Crippen molar-refractivity contribution in [3.63, 3.8) is 0 Å². The van der Waals surface area contributed by atoms with E-state index in [1.807, 2.05) is 30.3 Å². The molecular weight excluding hydrogens is 481 g/mol. The third-order valence-electron chi connectivity index (χ3n) is 6.08. The smallest absolute Gasteiger partial charge is 0.194 e. The first-order valence-corrected chi connectivity index (χ1v) is 11.0. The van der Waals surface area contributed by atoms with Gasteiger partial charge < -0.3 is 20.1 Å². The van der Waals surface area contributed by atoms with Crippen LogP contribution in [0.3, 0.4) is 0 Å². The quantitative estimate of drug-likeness (QED) is 0.341. The molecule has 0 unspecified atom stereocenters. The van der Waals surface area contributed by atoms with E-state index in [0.717, 1.165) is 22.4 Å². The highest BCUT2D eigenvalue weighted by molar-refractivity contribution is 5.58. The number of hydrogen-bond donors (Lipinski definition) is 3. The molecular formula is C23H21F3N6O4. The standard InChI is InChI=1S/C23H21F3N6O4/c24-14-8-13(9-15(25)19(14)26)16-11-31(30-28-16)20-21(34)18(6-7-33)36-23(22(20)35)32-17(10-27-29-32)12-4-2-1-3-5-12/h1-5,8-11,18,20-23,33-35H,6-7H2/t18-,20+,21+,22-,23-/m1/s1. The molecule has 5 atom stereocenters. The lowest BCUT2D eigenvalue weighted by Gasteiger charge is -2.42. The maximum Gasteiger partial charge on any atom is 0.194 e. The van der Waals surface area contributed by atoms with Gasteiger partial charge in [-0.2, -0.15) is 0 Å². The number of benzene rings is 2.